The van der Waals surface area contributed by atoms with Gasteiger partial charge >= 0.3 is 23.9 Å². The molecule has 0 aliphatic heterocycles. The van der Waals surface area contributed by atoms with Crippen molar-refractivity contribution in [3.05, 3.63) is 23.8 Å². The monoisotopic (exact) mass is 507 g/mol. The topological polar surface area (TPSA) is 128 Å². The molecule has 0 saturated heterocycles. The number of hydrogen-bond donors (Lipinski definition) is 2. The minimum absolute atomic E-state index is 0.0650. The van der Waals surface area contributed by atoms with Crippen molar-refractivity contribution < 1.29 is 38.5 Å². The molecule has 0 aromatic heterocycles. The lowest BCUT2D eigenvalue weighted by atomic mass is 10.0. The highest BCUT2D eigenvalue weighted by molar-refractivity contribution is 5.77. The first-order valence-corrected chi connectivity index (χ1v) is 12.5. The Morgan fingerprint density at radius 1 is 0.889 bits per heavy atom. The van der Waals surface area contributed by atoms with Gasteiger partial charge in [0.15, 0.2) is 11.5 Å². The number of carboxylic acids is 1. The van der Waals surface area contributed by atoms with Gasteiger partial charge in [-0.15, -0.1) is 0 Å². The van der Waals surface area contributed by atoms with Crippen molar-refractivity contribution in [2.45, 2.75) is 86.3 Å². The molecule has 0 amide bonds. The molecule has 9 nitrogen and oxygen atoms in total. The highest BCUT2D eigenvalue weighted by Crippen LogP contribution is 2.30. The van der Waals surface area contributed by atoms with Gasteiger partial charge in [-0.2, -0.15) is 0 Å². The van der Waals surface area contributed by atoms with Gasteiger partial charge in [-0.3, -0.25) is 19.2 Å². The van der Waals surface area contributed by atoms with E-state index < -0.39 is 30.1 Å². The molecule has 2 unspecified atom stereocenters. The van der Waals surface area contributed by atoms with Crippen molar-refractivity contribution in [3.63, 3.8) is 0 Å². The molecule has 0 spiro atoms. The van der Waals surface area contributed by atoms with Crippen LogP contribution in [0.3, 0.4) is 0 Å². The first-order chi connectivity index (χ1) is 16.8. The number of aliphatic carboxylic acids is 1. The highest BCUT2D eigenvalue weighted by Gasteiger charge is 2.23. The number of esters is 3. The summed E-state index contributed by atoms with van der Waals surface area (Å²) in [7, 11) is 0. The quantitative estimate of drug-likeness (QED) is 0.266. The molecule has 0 saturated carbocycles. The van der Waals surface area contributed by atoms with E-state index in [2.05, 4.69) is 5.32 Å². The third-order valence-corrected chi connectivity index (χ3v) is 5.33. The van der Waals surface area contributed by atoms with Crippen LogP contribution in [0.4, 0.5) is 0 Å². The van der Waals surface area contributed by atoms with Gasteiger partial charge in [-0.25, -0.2) is 0 Å². The minimum atomic E-state index is -1.08. The standard InChI is InChI=1S/C27H41NO8/c1-8-18(6)27(33)34-19(7)15-28-21(26(31)32)13-20-9-10-22(35-24(29)11-16(2)3)23(14-20)36-25(30)12-17(4)5/h9-10,14,16-19,21,28H,8,11-13,15H2,1-7H3,(H,31,32)/t18?,19?,21-/m0/s1. The summed E-state index contributed by atoms with van der Waals surface area (Å²) in [5, 5.41) is 12.6. The van der Waals surface area contributed by atoms with Crippen LogP contribution in [-0.4, -0.2) is 47.7 Å². The zero-order valence-electron chi connectivity index (χ0n) is 22.5. The van der Waals surface area contributed by atoms with Crippen molar-refractivity contribution in [2.24, 2.45) is 17.8 Å². The SMILES string of the molecule is CCC(C)C(=O)OC(C)CN[C@@H](Cc1ccc(OC(=O)CC(C)C)c(OC(=O)CC(C)C)c1)C(=O)O. The van der Waals surface area contributed by atoms with Gasteiger partial charge in [0.05, 0.1) is 5.92 Å². The molecule has 1 aromatic carbocycles. The molecule has 36 heavy (non-hydrogen) atoms. The van der Waals surface area contributed by atoms with Gasteiger partial charge in [0.2, 0.25) is 0 Å². The minimum Gasteiger partial charge on any atom is -0.480 e. The van der Waals surface area contributed by atoms with Crippen LogP contribution in [0.15, 0.2) is 18.2 Å². The fraction of sp³-hybridized carbons (Fsp3) is 0.630. The summed E-state index contributed by atoms with van der Waals surface area (Å²) in [6.07, 6.45) is 0.589. The van der Waals surface area contributed by atoms with Gasteiger partial charge < -0.3 is 24.6 Å². The summed E-state index contributed by atoms with van der Waals surface area (Å²) < 4.78 is 16.3. The molecule has 0 radical (unpaired) electrons. The Labute approximate surface area is 213 Å². The van der Waals surface area contributed by atoms with Crippen molar-refractivity contribution in [1.82, 2.24) is 5.32 Å². The molecule has 9 heteroatoms. The predicted molar refractivity (Wildman–Crippen MR) is 135 cm³/mol. The number of carboxylic acid groups (broad SMARTS) is 1. The second kappa shape index (κ2) is 15.2. The third-order valence-electron chi connectivity index (χ3n) is 5.33. The number of benzene rings is 1. The van der Waals surface area contributed by atoms with E-state index in [9.17, 15) is 24.3 Å². The molecule has 0 heterocycles. The maximum absolute atomic E-state index is 12.3. The van der Waals surface area contributed by atoms with Crippen molar-refractivity contribution in [3.8, 4) is 11.5 Å². The largest absolute Gasteiger partial charge is 0.480 e. The maximum atomic E-state index is 12.3. The van der Waals surface area contributed by atoms with Gasteiger partial charge in [-0.05, 0) is 49.3 Å². The summed E-state index contributed by atoms with van der Waals surface area (Å²) in [6.45, 7) is 13.0. The molecular formula is C27H41NO8. The van der Waals surface area contributed by atoms with Crippen LogP contribution in [0.1, 0.15) is 73.3 Å². The number of carbonyl (C=O) groups is 4. The zero-order valence-corrected chi connectivity index (χ0v) is 22.5. The molecular weight excluding hydrogens is 466 g/mol. The van der Waals surface area contributed by atoms with Crippen LogP contribution >= 0.6 is 0 Å². The molecule has 0 bridgehead atoms. The summed E-state index contributed by atoms with van der Waals surface area (Å²) >= 11 is 0. The number of hydrogen-bond acceptors (Lipinski definition) is 8. The fourth-order valence-corrected chi connectivity index (χ4v) is 3.15. The fourth-order valence-electron chi connectivity index (χ4n) is 3.15. The van der Waals surface area contributed by atoms with Crippen LogP contribution in [0.25, 0.3) is 0 Å². The Morgan fingerprint density at radius 2 is 1.44 bits per heavy atom. The van der Waals surface area contributed by atoms with Crippen molar-refractivity contribution >= 4 is 23.9 Å². The summed E-state index contributed by atoms with van der Waals surface area (Å²) in [4.78, 5) is 48.3. The van der Waals surface area contributed by atoms with Gasteiger partial charge in [0.25, 0.3) is 0 Å². The maximum Gasteiger partial charge on any atom is 0.321 e. The number of rotatable bonds is 15. The molecule has 0 aliphatic rings. The van der Waals surface area contributed by atoms with Gasteiger partial charge in [0.1, 0.15) is 12.1 Å². The normalized spacial score (nSPS) is 13.7. The molecule has 1 rings (SSSR count). The second-order valence-corrected chi connectivity index (χ2v) is 9.99. The van der Waals surface area contributed by atoms with Crippen LogP contribution < -0.4 is 14.8 Å². The Morgan fingerprint density at radius 3 is 1.94 bits per heavy atom. The molecule has 0 fully saturated rings. The van der Waals surface area contributed by atoms with E-state index in [-0.39, 0.29) is 61.0 Å². The zero-order chi connectivity index (χ0) is 27.4. The predicted octanol–water partition coefficient (Wildman–Crippen LogP) is 4.15. The smallest absolute Gasteiger partial charge is 0.321 e. The lowest BCUT2D eigenvalue weighted by molar-refractivity contribution is -0.152. The van der Waals surface area contributed by atoms with Crippen molar-refractivity contribution in [1.29, 1.82) is 0 Å². The molecule has 202 valence electrons. The Kier molecular flexibility index (Phi) is 13.2. The molecule has 0 aliphatic carbocycles. The average Bonchev–Trinajstić information content (AvgIpc) is 2.76. The first-order valence-electron chi connectivity index (χ1n) is 12.5. The van der Waals surface area contributed by atoms with Gasteiger partial charge in [0, 0.05) is 19.4 Å². The Bertz CT molecular complexity index is 896. The highest BCUT2D eigenvalue weighted by atomic mass is 16.6. The van der Waals surface area contributed by atoms with E-state index in [0.29, 0.717) is 12.0 Å². The first kappa shape index (κ1) is 31.1. The molecule has 3 atom stereocenters. The van der Waals surface area contributed by atoms with Crippen molar-refractivity contribution in [2.75, 3.05) is 6.54 Å². The van der Waals surface area contributed by atoms with E-state index >= 15 is 0 Å². The number of carbonyl (C=O) groups excluding carboxylic acids is 3. The van der Waals surface area contributed by atoms with Crippen LogP contribution in [0.5, 0.6) is 11.5 Å². The Balaban J connectivity index is 3.00. The Hall–Kier alpha value is -2.94. The third kappa shape index (κ3) is 11.7. The second-order valence-electron chi connectivity index (χ2n) is 9.99. The number of ether oxygens (including phenoxy) is 3. The van der Waals surface area contributed by atoms with Crippen LogP contribution in [-0.2, 0) is 30.3 Å². The van der Waals surface area contributed by atoms with Crippen LogP contribution in [0.2, 0.25) is 0 Å². The summed E-state index contributed by atoms with van der Waals surface area (Å²) in [5.41, 5.74) is 0.565. The lowest BCUT2D eigenvalue weighted by Gasteiger charge is -2.20. The van der Waals surface area contributed by atoms with Gasteiger partial charge in [-0.1, -0.05) is 47.6 Å². The average molecular weight is 508 g/mol. The van der Waals surface area contributed by atoms with E-state index in [1.165, 1.54) is 12.1 Å². The lowest BCUT2D eigenvalue weighted by Crippen LogP contribution is -2.43. The molecule has 1 aromatic rings. The van der Waals surface area contributed by atoms with E-state index in [4.69, 9.17) is 14.2 Å². The van der Waals surface area contributed by atoms with E-state index in [1.807, 2.05) is 34.6 Å². The number of nitrogens with one attached hydrogen (secondary N) is 1. The summed E-state index contributed by atoms with van der Waals surface area (Å²) in [5.74, 6) is -2.23. The summed E-state index contributed by atoms with van der Waals surface area (Å²) in [6, 6.07) is 3.66. The van der Waals surface area contributed by atoms with E-state index in [1.54, 1.807) is 19.9 Å². The van der Waals surface area contributed by atoms with Crippen LogP contribution in [0, 0.1) is 17.8 Å². The van der Waals surface area contributed by atoms with E-state index in [0.717, 1.165) is 0 Å². The molecule has 2 N–H and O–H groups in total.